The molecule has 0 saturated carbocycles. The maximum Gasteiger partial charge on any atom is 0.161 e. The Bertz CT molecular complexity index is 590. The normalized spacial score (nSPS) is 12.2. The lowest BCUT2D eigenvalue weighted by Gasteiger charge is -2.14. The molecule has 0 aliphatic carbocycles. The van der Waals surface area contributed by atoms with Gasteiger partial charge in [-0.25, -0.2) is 0 Å². The number of ether oxygens (including phenoxy) is 2. The highest BCUT2D eigenvalue weighted by atomic mass is 16.5. The van der Waals surface area contributed by atoms with E-state index < -0.39 is 6.04 Å². The molecule has 6 nitrogen and oxygen atoms in total. The third kappa shape index (κ3) is 3.34. The van der Waals surface area contributed by atoms with Crippen LogP contribution in [0.5, 0.6) is 11.5 Å². The number of methoxy groups -OCH3 is 1. The molecular formula is C15H20N2O4. The molecule has 2 rings (SSSR count). The van der Waals surface area contributed by atoms with Crippen molar-refractivity contribution in [1.82, 2.24) is 5.16 Å². The zero-order valence-corrected chi connectivity index (χ0v) is 12.4. The average Bonchev–Trinajstić information content (AvgIpc) is 2.83. The van der Waals surface area contributed by atoms with Gasteiger partial charge in [-0.2, -0.15) is 0 Å². The fraction of sp³-hybridized carbons (Fsp3) is 0.400. The SMILES string of the molecule is COc1cc([C@H](N)CO)ccc1OCc1c(C)noc1C. The van der Waals surface area contributed by atoms with Gasteiger partial charge in [-0.15, -0.1) is 0 Å². The Morgan fingerprint density at radius 1 is 1.33 bits per heavy atom. The maximum atomic E-state index is 9.10. The number of aliphatic hydroxyl groups is 1. The lowest BCUT2D eigenvalue weighted by Crippen LogP contribution is -2.14. The van der Waals surface area contributed by atoms with E-state index in [1.807, 2.05) is 19.9 Å². The number of nitrogens with zero attached hydrogens (tertiary/aromatic N) is 1. The molecule has 0 aliphatic rings. The summed E-state index contributed by atoms with van der Waals surface area (Å²) in [5, 5.41) is 13.0. The van der Waals surface area contributed by atoms with Crippen LogP contribution >= 0.6 is 0 Å². The van der Waals surface area contributed by atoms with Crippen molar-refractivity contribution in [3.05, 3.63) is 40.8 Å². The second kappa shape index (κ2) is 6.60. The molecule has 21 heavy (non-hydrogen) atoms. The van der Waals surface area contributed by atoms with Gasteiger partial charge in [0, 0.05) is 0 Å². The summed E-state index contributed by atoms with van der Waals surface area (Å²) in [6, 6.07) is 4.92. The molecule has 1 heterocycles. The van der Waals surface area contributed by atoms with Crippen molar-refractivity contribution in [3.8, 4) is 11.5 Å². The molecule has 0 saturated heterocycles. The minimum absolute atomic E-state index is 0.123. The summed E-state index contributed by atoms with van der Waals surface area (Å²) in [5.74, 6) is 1.92. The molecule has 0 aliphatic heterocycles. The van der Waals surface area contributed by atoms with Crippen molar-refractivity contribution in [2.75, 3.05) is 13.7 Å². The summed E-state index contributed by atoms with van der Waals surface area (Å²) >= 11 is 0. The van der Waals surface area contributed by atoms with Gasteiger partial charge >= 0.3 is 0 Å². The van der Waals surface area contributed by atoms with E-state index in [0.717, 1.165) is 22.6 Å². The van der Waals surface area contributed by atoms with Crippen molar-refractivity contribution in [2.45, 2.75) is 26.5 Å². The minimum Gasteiger partial charge on any atom is -0.493 e. The second-order valence-corrected chi connectivity index (χ2v) is 4.79. The van der Waals surface area contributed by atoms with Gasteiger partial charge in [0.2, 0.25) is 0 Å². The fourth-order valence-electron chi connectivity index (χ4n) is 2.00. The Morgan fingerprint density at radius 3 is 2.67 bits per heavy atom. The number of aromatic nitrogens is 1. The third-order valence-corrected chi connectivity index (χ3v) is 3.37. The van der Waals surface area contributed by atoms with Gasteiger partial charge in [-0.05, 0) is 31.5 Å². The first-order valence-corrected chi connectivity index (χ1v) is 6.65. The van der Waals surface area contributed by atoms with Gasteiger partial charge in [0.25, 0.3) is 0 Å². The molecule has 1 aromatic carbocycles. The smallest absolute Gasteiger partial charge is 0.161 e. The zero-order valence-electron chi connectivity index (χ0n) is 12.4. The van der Waals surface area contributed by atoms with Crippen LogP contribution in [-0.4, -0.2) is 24.0 Å². The van der Waals surface area contributed by atoms with E-state index in [9.17, 15) is 0 Å². The minimum atomic E-state index is -0.435. The summed E-state index contributed by atoms with van der Waals surface area (Å²) in [6.07, 6.45) is 0. The molecule has 0 fully saturated rings. The van der Waals surface area contributed by atoms with E-state index in [4.69, 9.17) is 24.8 Å². The average molecular weight is 292 g/mol. The Kier molecular flexibility index (Phi) is 4.82. The Morgan fingerprint density at radius 2 is 2.10 bits per heavy atom. The number of rotatable bonds is 6. The van der Waals surface area contributed by atoms with E-state index >= 15 is 0 Å². The van der Waals surface area contributed by atoms with Crippen LogP contribution in [0.2, 0.25) is 0 Å². The van der Waals surface area contributed by atoms with Crippen LogP contribution in [0, 0.1) is 13.8 Å². The van der Waals surface area contributed by atoms with Crippen LogP contribution in [0.1, 0.15) is 28.6 Å². The van der Waals surface area contributed by atoms with Gasteiger partial charge in [0.05, 0.1) is 31.0 Å². The fourth-order valence-corrected chi connectivity index (χ4v) is 2.00. The lowest BCUT2D eigenvalue weighted by atomic mass is 10.1. The third-order valence-electron chi connectivity index (χ3n) is 3.37. The van der Waals surface area contributed by atoms with Crippen molar-refractivity contribution in [3.63, 3.8) is 0 Å². The van der Waals surface area contributed by atoms with Gasteiger partial charge < -0.3 is 24.8 Å². The zero-order chi connectivity index (χ0) is 15.4. The van der Waals surface area contributed by atoms with Crippen LogP contribution in [0.4, 0.5) is 0 Å². The van der Waals surface area contributed by atoms with Crippen molar-refractivity contribution >= 4 is 0 Å². The van der Waals surface area contributed by atoms with Crippen molar-refractivity contribution in [2.24, 2.45) is 5.73 Å². The van der Waals surface area contributed by atoms with Gasteiger partial charge in [0.15, 0.2) is 11.5 Å². The van der Waals surface area contributed by atoms with Crippen LogP contribution in [0.25, 0.3) is 0 Å². The topological polar surface area (TPSA) is 90.7 Å². The molecule has 0 amide bonds. The second-order valence-electron chi connectivity index (χ2n) is 4.79. The molecule has 0 radical (unpaired) electrons. The van der Waals surface area contributed by atoms with E-state index in [2.05, 4.69) is 5.16 Å². The highest BCUT2D eigenvalue weighted by molar-refractivity contribution is 5.44. The van der Waals surface area contributed by atoms with E-state index in [0.29, 0.717) is 18.1 Å². The quantitative estimate of drug-likeness (QED) is 0.844. The van der Waals surface area contributed by atoms with E-state index in [-0.39, 0.29) is 6.61 Å². The first-order chi connectivity index (χ1) is 10.1. The molecule has 3 N–H and O–H groups in total. The summed E-state index contributed by atoms with van der Waals surface area (Å²) in [5.41, 5.74) is 8.32. The molecule has 114 valence electrons. The molecule has 1 atom stereocenters. The molecule has 6 heteroatoms. The van der Waals surface area contributed by atoms with E-state index in [1.54, 1.807) is 19.2 Å². The number of aliphatic hydroxyl groups excluding tert-OH is 1. The van der Waals surface area contributed by atoms with Crippen LogP contribution in [0.3, 0.4) is 0 Å². The predicted octanol–water partition coefficient (Wildman–Crippen LogP) is 1.87. The van der Waals surface area contributed by atoms with Crippen LogP contribution < -0.4 is 15.2 Å². The van der Waals surface area contributed by atoms with Crippen molar-refractivity contribution in [1.29, 1.82) is 0 Å². The standard InChI is InChI=1S/C15H20N2O4/c1-9-12(10(2)21-17-9)8-20-14-5-4-11(13(16)7-18)6-15(14)19-3/h4-6,13,18H,7-8,16H2,1-3H3/t13-/m1/s1. The molecule has 2 aromatic rings. The molecule has 0 unspecified atom stereocenters. The molecule has 0 bridgehead atoms. The first kappa shape index (κ1) is 15.3. The molecule has 1 aromatic heterocycles. The maximum absolute atomic E-state index is 9.10. The number of aryl methyl sites for hydroxylation is 2. The van der Waals surface area contributed by atoms with Crippen LogP contribution in [-0.2, 0) is 6.61 Å². The van der Waals surface area contributed by atoms with Gasteiger partial charge in [-0.3, -0.25) is 0 Å². The van der Waals surface area contributed by atoms with Crippen LogP contribution in [0.15, 0.2) is 22.7 Å². The largest absolute Gasteiger partial charge is 0.493 e. The Balaban J connectivity index is 2.16. The highest BCUT2D eigenvalue weighted by Gasteiger charge is 2.13. The lowest BCUT2D eigenvalue weighted by molar-refractivity contribution is 0.266. The predicted molar refractivity (Wildman–Crippen MR) is 77.3 cm³/mol. The first-order valence-electron chi connectivity index (χ1n) is 6.65. The van der Waals surface area contributed by atoms with Gasteiger partial charge in [0.1, 0.15) is 12.4 Å². The Labute approximate surface area is 123 Å². The van der Waals surface area contributed by atoms with Crippen molar-refractivity contribution < 1.29 is 19.1 Å². The Hall–Kier alpha value is -2.05. The monoisotopic (exact) mass is 292 g/mol. The summed E-state index contributed by atoms with van der Waals surface area (Å²) in [6.45, 7) is 3.94. The number of hydrogen-bond donors (Lipinski definition) is 2. The molecule has 0 spiro atoms. The number of benzene rings is 1. The summed E-state index contributed by atoms with van der Waals surface area (Å²) in [7, 11) is 1.56. The summed E-state index contributed by atoms with van der Waals surface area (Å²) < 4.78 is 16.2. The summed E-state index contributed by atoms with van der Waals surface area (Å²) in [4.78, 5) is 0. The van der Waals surface area contributed by atoms with Gasteiger partial charge in [-0.1, -0.05) is 11.2 Å². The number of hydrogen-bond acceptors (Lipinski definition) is 6. The van der Waals surface area contributed by atoms with E-state index in [1.165, 1.54) is 0 Å². The molecular weight excluding hydrogens is 272 g/mol. The highest BCUT2D eigenvalue weighted by Crippen LogP contribution is 2.31. The number of nitrogens with two attached hydrogens (primary N) is 1.